The second-order valence-corrected chi connectivity index (χ2v) is 6.82. The van der Waals surface area contributed by atoms with Crippen molar-refractivity contribution in [2.75, 3.05) is 12.1 Å². The van der Waals surface area contributed by atoms with Crippen molar-refractivity contribution in [2.24, 2.45) is 11.7 Å². The number of thiophene rings is 1. The number of ether oxygens (including phenoxy) is 1. The summed E-state index contributed by atoms with van der Waals surface area (Å²) in [7, 11) is 1.83. The summed E-state index contributed by atoms with van der Waals surface area (Å²) in [5.41, 5.74) is 3.94. The van der Waals surface area contributed by atoms with E-state index in [4.69, 9.17) is 27.0 Å². The minimum Gasteiger partial charge on any atom is -0.486 e. The van der Waals surface area contributed by atoms with E-state index in [0.717, 1.165) is 21.3 Å². The largest absolute Gasteiger partial charge is 0.486 e. The van der Waals surface area contributed by atoms with Gasteiger partial charge >= 0.3 is 0 Å². The molecule has 0 unspecified atom stereocenters. The van der Waals surface area contributed by atoms with Crippen LogP contribution in [0.2, 0.25) is 5.02 Å². The SMILES string of the molecule is CN(N)c1cccc(C2CC2)c1OCc1cc(Cl)cs1.NNC=O. The molecule has 8 heteroatoms. The van der Waals surface area contributed by atoms with Crippen molar-refractivity contribution in [3.05, 3.63) is 45.1 Å². The van der Waals surface area contributed by atoms with Crippen LogP contribution in [0.3, 0.4) is 0 Å². The molecule has 0 radical (unpaired) electrons. The van der Waals surface area contributed by atoms with Gasteiger partial charge in [0.25, 0.3) is 0 Å². The fourth-order valence-electron chi connectivity index (χ4n) is 2.27. The molecule has 130 valence electrons. The number of nitrogens with zero attached hydrogens (tertiary/aromatic N) is 1. The van der Waals surface area contributed by atoms with Gasteiger partial charge in [0, 0.05) is 17.3 Å². The molecule has 1 aliphatic rings. The maximum Gasteiger partial charge on any atom is 0.221 e. The van der Waals surface area contributed by atoms with E-state index in [1.807, 2.05) is 30.6 Å². The van der Waals surface area contributed by atoms with Gasteiger partial charge in [0.15, 0.2) is 0 Å². The predicted molar refractivity (Wildman–Crippen MR) is 98.1 cm³/mol. The first kappa shape index (κ1) is 18.5. The molecule has 0 atom stereocenters. The average Bonchev–Trinajstić information content (AvgIpc) is 3.34. The van der Waals surface area contributed by atoms with Crippen molar-refractivity contribution in [1.82, 2.24) is 5.43 Å². The number of halogens is 1. The van der Waals surface area contributed by atoms with Crippen LogP contribution in [0, 0.1) is 0 Å². The highest BCUT2D eigenvalue weighted by Crippen LogP contribution is 2.47. The van der Waals surface area contributed by atoms with Gasteiger partial charge in [-0.2, -0.15) is 0 Å². The monoisotopic (exact) mass is 368 g/mol. The molecule has 0 saturated heterocycles. The van der Waals surface area contributed by atoms with Gasteiger partial charge < -0.3 is 9.75 Å². The van der Waals surface area contributed by atoms with Crippen LogP contribution in [0.1, 0.15) is 29.2 Å². The van der Waals surface area contributed by atoms with Crippen molar-refractivity contribution >= 4 is 35.0 Å². The van der Waals surface area contributed by atoms with E-state index in [-0.39, 0.29) is 0 Å². The highest BCUT2D eigenvalue weighted by Gasteiger charge is 2.28. The third-order valence-corrected chi connectivity index (χ3v) is 4.73. The van der Waals surface area contributed by atoms with E-state index in [1.165, 1.54) is 18.4 Å². The van der Waals surface area contributed by atoms with E-state index in [1.54, 1.807) is 21.8 Å². The minimum atomic E-state index is 0.403. The topological polar surface area (TPSA) is 93.6 Å². The fourth-order valence-corrected chi connectivity index (χ4v) is 3.25. The zero-order valence-corrected chi connectivity index (χ0v) is 14.9. The zero-order chi connectivity index (χ0) is 17.5. The van der Waals surface area contributed by atoms with Crippen LogP contribution in [0.5, 0.6) is 5.75 Å². The Hall–Kier alpha value is -1.80. The molecule has 1 aromatic carbocycles. The molecule has 0 bridgehead atoms. The number of hydrogen-bond donors (Lipinski definition) is 3. The number of hydrazine groups is 2. The summed E-state index contributed by atoms with van der Waals surface area (Å²) < 4.78 is 6.06. The standard InChI is InChI=1S/C15H17ClN2OS.CH4N2O/c1-18(17)14-4-2-3-13(10-5-6-10)15(14)19-8-12-7-11(16)9-20-12;2-3-1-4/h2-4,7,9-10H,5-6,8,17H2,1H3;1H,2H2,(H,3,4). The molecule has 1 aliphatic carbocycles. The lowest BCUT2D eigenvalue weighted by molar-refractivity contribution is -0.109. The zero-order valence-electron chi connectivity index (χ0n) is 13.4. The molecule has 3 rings (SSSR count). The maximum absolute atomic E-state index is 8.94. The molecule has 1 saturated carbocycles. The molecule has 5 N–H and O–H groups in total. The van der Waals surface area contributed by atoms with Gasteiger partial charge in [-0.1, -0.05) is 23.7 Å². The number of nitrogens with two attached hydrogens (primary N) is 2. The van der Waals surface area contributed by atoms with E-state index in [9.17, 15) is 0 Å². The van der Waals surface area contributed by atoms with Gasteiger partial charge in [0.05, 0.1) is 10.7 Å². The molecule has 6 nitrogen and oxygen atoms in total. The molecule has 0 aliphatic heterocycles. The number of carbonyl (C=O) groups excluding carboxylic acids is 1. The summed E-state index contributed by atoms with van der Waals surface area (Å²) in [4.78, 5) is 10.1. The third kappa shape index (κ3) is 5.10. The molecule has 1 amide bonds. The van der Waals surface area contributed by atoms with Crippen LogP contribution in [0.4, 0.5) is 5.69 Å². The average molecular weight is 369 g/mol. The lowest BCUT2D eigenvalue weighted by Crippen LogP contribution is -2.25. The number of rotatable bonds is 6. The van der Waals surface area contributed by atoms with E-state index in [2.05, 4.69) is 11.9 Å². The van der Waals surface area contributed by atoms with Crippen LogP contribution in [0.15, 0.2) is 29.6 Å². The van der Waals surface area contributed by atoms with Crippen LogP contribution in [-0.2, 0) is 11.4 Å². The first-order valence-electron chi connectivity index (χ1n) is 7.43. The molecule has 2 aromatic rings. The number of nitrogens with one attached hydrogen (secondary N) is 1. The van der Waals surface area contributed by atoms with E-state index in [0.29, 0.717) is 18.9 Å². The van der Waals surface area contributed by atoms with Crippen LogP contribution in [0.25, 0.3) is 0 Å². The lowest BCUT2D eigenvalue weighted by atomic mass is 10.1. The van der Waals surface area contributed by atoms with Crippen molar-refractivity contribution in [3.63, 3.8) is 0 Å². The second kappa shape index (κ2) is 8.89. The van der Waals surface area contributed by atoms with E-state index < -0.39 is 0 Å². The summed E-state index contributed by atoms with van der Waals surface area (Å²) >= 11 is 7.55. The summed E-state index contributed by atoms with van der Waals surface area (Å²) in [6.07, 6.45) is 2.87. The summed E-state index contributed by atoms with van der Waals surface area (Å²) in [6.45, 7) is 0.530. The highest BCUT2D eigenvalue weighted by molar-refractivity contribution is 7.10. The molecular weight excluding hydrogens is 348 g/mol. The van der Waals surface area contributed by atoms with Gasteiger partial charge in [0.2, 0.25) is 6.41 Å². The highest BCUT2D eigenvalue weighted by atomic mass is 35.5. The minimum absolute atomic E-state index is 0.403. The molecule has 1 heterocycles. The van der Waals surface area contributed by atoms with Crippen LogP contribution >= 0.6 is 22.9 Å². The molecule has 24 heavy (non-hydrogen) atoms. The number of para-hydroxylation sites is 1. The van der Waals surface area contributed by atoms with Crippen molar-refractivity contribution in [2.45, 2.75) is 25.4 Å². The number of amides is 1. The van der Waals surface area contributed by atoms with Gasteiger partial charge in [-0.25, -0.2) is 11.7 Å². The molecule has 0 spiro atoms. The first-order valence-corrected chi connectivity index (χ1v) is 8.69. The second-order valence-electron chi connectivity index (χ2n) is 5.39. The number of hydrogen-bond acceptors (Lipinski definition) is 6. The fraction of sp³-hybridized carbons (Fsp3) is 0.312. The smallest absolute Gasteiger partial charge is 0.221 e. The normalized spacial score (nSPS) is 12.8. The van der Waals surface area contributed by atoms with Crippen molar-refractivity contribution in [1.29, 1.82) is 0 Å². The number of benzene rings is 1. The summed E-state index contributed by atoms with van der Waals surface area (Å²) in [6, 6.07) is 8.11. The van der Waals surface area contributed by atoms with E-state index >= 15 is 0 Å². The Kier molecular flexibility index (Phi) is 6.86. The Morgan fingerprint density at radius 3 is 2.71 bits per heavy atom. The van der Waals surface area contributed by atoms with Crippen molar-refractivity contribution < 1.29 is 9.53 Å². The summed E-state index contributed by atoms with van der Waals surface area (Å²) in [5.74, 6) is 11.9. The van der Waals surface area contributed by atoms with Crippen LogP contribution in [-0.4, -0.2) is 13.5 Å². The summed E-state index contributed by atoms with van der Waals surface area (Å²) in [5, 5.41) is 4.30. The van der Waals surface area contributed by atoms with Gasteiger partial charge in [0.1, 0.15) is 12.4 Å². The maximum atomic E-state index is 8.94. The molecule has 1 aromatic heterocycles. The third-order valence-electron chi connectivity index (χ3n) is 3.47. The van der Waals surface area contributed by atoms with Crippen LogP contribution < -0.4 is 26.9 Å². The molecule has 1 fully saturated rings. The van der Waals surface area contributed by atoms with Crippen molar-refractivity contribution in [3.8, 4) is 5.75 Å². The van der Waals surface area contributed by atoms with Gasteiger partial charge in [-0.15, -0.1) is 11.3 Å². The number of carbonyl (C=O) groups is 1. The Labute approximate surface area is 150 Å². The number of anilines is 1. The Morgan fingerprint density at radius 2 is 2.21 bits per heavy atom. The Bertz CT molecular complexity index is 654. The van der Waals surface area contributed by atoms with Gasteiger partial charge in [-0.05, 0) is 36.5 Å². The lowest BCUT2D eigenvalue weighted by Gasteiger charge is -2.20. The first-order chi connectivity index (χ1) is 11.6. The Balaban J connectivity index is 0.000000471. The predicted octanol–water partition coefficient (Wildman–Crippen LogP) is 2.77. The van der Waals surface area contributed by atoms with Gasteiger partial charge in [-0.3, -0.25) is 10.2 Å². The molecular formula is C16H21ClN4O2S. The quantitative estimate of drug-likeness (QED) is 0.315. The Morgan fingerprint density at radius 1 is 1.50 bits per heavy atom.